The maximum Gasteiger partial charge on any atom is 0.176 e. The van der Waals surface area contributed by atoms with Crippen LogP contribution in [0.1, 0.15) is 23.2 Å². The number of carbonyl (C=O) groups excluding carboxylic acids is 1. The molecule has 4 heteroatoms. The number of hydrogen-bond acceptors (Lipinski definition) is 2. The van der Waals surface area contributed by atoms with Crippen molar-refractivity contribution in [2.75, 3.05) is 0 Å². The second-order valence-electron chi connectivity index (χ2n) is 3.81. The van der Waals surface area contributed by atoms with Crippen molar-refractivity contribution in [2.24, 2.45) is 0 Å². The molecule has 2 rings (SSSR count). The predicted octanol–water partition coefficient (Wildman–Crippen LogP) is 1.90. The van der Waals surface area contributed by atoms with Crippen LogP contribution in [0.15, 0.2) is 30.7 Å². The first-order valence-electron chi connectivity index (χ1n) is 5.32. The number of aromatic nitrogens is 3. The molecule has 0 unspecified atom stereocenters. The van der Waals surface area contributed by atoms with Crippen molar-refractivity contribution in [1.82, 2.24) is 14.1 Å². The molecular weight excluding hydrogens is 202 g/mol. The Balaban J connectivity index is 2.08. The number of hydrogen-bond donors (Lipinski definition) is 0. The molecule has 0 saturated heterocycles. The minimum atomic E-state index is 0.104. The number of nitrogens with zero attached hydrogens (tertiary/aromatic N) is 3. The highest BCUT2D eigenvalue weighted by atomic mass is 16.1. The monoisotopic (exact) mass is 217 g/mol. The topological polar surface area (TPSA) is 39.8 Å². The second-order valence-corrected chi connectivity index (χ2v) is 3.81. The Kier molecular flexibility index (Phi) is 2.90. The van der Waals surface area contributed by atoms with Crippen molar-refractivity contribution < 1.29 is 4.79 Å². The third-order valence-electron chi connectivity index (χ3n) is 2.70. The number of aryl methyl sites for hydroxylation is 3. The molecule has 0 atom stereocenters. The fourth-order valence-electron chi connectivity index (χ4n) is 1.78. The van der Waals surface area contributed by atoms with Crippen LogP contribution in [0.4, 0.5) is 0 Å². The Morgan fingerprint density at radius 2 is 2.06 bits per heavy atom. The van der Waals surface area contributed by atoms with E-state index in [0.717, 1.165) is 24.6 Å². The molecule has 0 aliphatic carbocycles. The summed E-state index contributed by atoms with van der Waals surface area (Å²) in [5, 5.41) is 0. The van der Waals surface area contributed by atoms with Gasteiger partial charge in [0, 0.05) is 38.6 Å². The van der Waals surface area contributed by atoms with E-state index >= 15 is 0 Å². The van der Waals surface area contributed by atoms with E-state index < -0.39 is 0 Å². The standard InChI is InChI=1S/C12H15N3O/c1-10(16)12-4-3-6-15(12)9-8-14-7-5-13-11(14)2/h3-7H,8-9H2,1-2H3. The van der Waals surface area contributed by atoms with Crippen molar-refractivity contribution in [2.45, 2.75) is 26.9 Å². The van der Waals surface area contributed by atoms with Crippen LogP contribution in [0.5, 0.6) is 0 Å². The lowest BCUT2D eigenvalue weighted by atomic mass is 10.3. The van der Waals surface area contributed by atoms with E-state index in [1.165, 1.54) is 0 Å². The van der Waals surface area contributed by atoms with Gasteiger partial charge < -0.3 is 9.13 Å². The lowest BCUT2D eigenvalue weighted by Crippen LogP contribution is -2.11. The van der Waals surface area contributed by atoms with Crippen LogP contribution in [-0.4, -0.2) is 19.9 Å². The molecule has 0 radical (unpaired) electrons. The molecule has 4 nitrogen and oxygen atoms in total. The molecule has 0 aliphatic heterocycles. The summed E-state index contributed by atoms with van der Waals surface area (Å²) in [6.07, 6.45) is 5.67. The summed E-state index contributed by atoms with van der Waals surface area (Å²) in [5.74, 6) is 1.10. The van der Waals surface area contributed by atoms with Crippen LogP contribution in [-0.2, 0) is 13.1 Å². The van der Waals surface area contributed by atoms with Gasteiger partial charge in [-0.15, -0.1) is 0 Å². The fraction of sp³-hybridized carbons (Fsp3) is 0.333. The largest absolute Gasteiger partial charge is 0.343 e. The zero-order chi connectivity index (χ0) is 11.5. The molecule has 84 valence electrons. The normalized spacial score (nSPS) is 10.6. The number of Topliss-reactive ketones (excluding diaryl/α,β-unsaturated/α-hetero) is 1. The van der Waals surface area contributed by atoms with Crippen molar-refractivity contribution >= 4 is 5.78 Å². The van der Waals surface area contributed by atoms with Gasteiger partial charge in [-0.05, 0) is 19.1 Å². The Morgan fingerprint density at radius 1 is 1.31 bits per heavy atom. The lowest BCUT2D eigenvalue weighted by molar-refractivity contribution is 0.100. The van der Waals surface area contributed by atoms with Gasteiger partial charge in [0.05, 0.1) is 5.69 Å². The Hall–Kier alpha value is -1.84. The van der Waals surface area contributed by atoms with Gasteiger partial charge >= 0.3 is 0 Å². The molecule has 0 spiro atoms. The average molecular weight is 217 g/mol. The van der Waals surface area contributed by atoms with E-state index in [-0.39, 0.29) is 5.78 Å². The van der Waals surface area contributed by atoms with Gasteiger partial charge in [0.15, 0.2) is 5.78 Å². The molecule has 0 aliphatic rings. The number of rotatable bonds is 4. The summed E-state index contributed by atoms with van der Waals surface area (Å²) in [7, 11) is 0. The summed E-state index contributed by atoms with van der Waals surface area (Å²) in [4.78, 5) is 15.5. The van der Waals surface area contributed by atoms with Gasteiger partial charge in [-0.2, -0.15) is 0 Å². The van der Waals surface area contributed by atoms with Gasteiger partial charge in [-0.3, -0.25) is 4.79 Å². The van der Waals surface area contributed by atoms with Crippen LogP contribution in [0.2, 0.25) is 0 Å². The molecule has 0 fully saturated rings. The second kappa shape index (κ2) is 4.35. The van der Waals surface area contributed by atoms with E-state index in [9.17, 15) is 4.79 Å². The molecular formula is C12H15N3O. The molecule has 2 aromatic rings. The minimum absolute atomic E-state index is 0.104. The SMILES string of the molecule is CC(=O)c1cccn1CCn1ccnc1C. The first-order chi connectivity index (χ1) is 7.68. The molecule has 0 saturated carbocycles. The molecule has 2 heterocycles. The number of ketones is 1. The summed E-state index contributed by atoms with van der Waals surface area (Å²) in [6, 6.07) is 3.75. The third kappa shape index (κ3) is 2.05. The summed E-state index contributed by atoms with van der Waals surface area (Å²) < 4.78 is 4.05. The highest BCUT2D eigenvalue weighted by molar-refractivity contribution is 5.92. The van der Waals surface area contributed by atoms with E-state index in [1.54, 1.807) is 13.1 Å². The van der Waals surface area contributed by atoms with Gasteiger partial charge in [0.2, 0.25) is 0 Å². The Labute approximate surface area is 94.5 Å². The van der Waals surface area contributed by atoms with Gasteiger partial charge in [0.1, 0.15) is 5.82 Å². The van der Waals surface area contributed by atoms with Crippen molar-refractivity contribution in [3.05, 3.63) is 42.2 Å². The number of imidazole rings is 1. The zero-order valence-electron chi connectivity index (χ0n) is 9.55. The van der Waals surface area contributed by atoms with Crippen LogP contribution >= 0.6 is 0 Å². The van der Waals surface area contributed by atoms with Crippen molar-refractivity contribution in [3.8, 4) is 0 Å². The maximum absolute atomic E-state index is 11.3. The predicted molar refractivity (Wildman–Crippen MR) is 61.4 cm³/mol. The van der Waals surface area contributed by atoms with Crippen LogP contribution in [0.25, 0.3) is 0 Å². The Bertz CT molecular complexity index is 496. The van der Waals surface area contributed by atoms with E-state index in [4.69, 9.17) is 0 Å². The summed E-state index contributed by atoms with van der Waals surface area (Å²) >= 11 is 0. The van der Waals surface area contributed by atoms with Crippen LogP contribution in [0.3, 0.4) is 0 Å². The fourth-order valence-corrected chi connectivity index (χ4v) is 1.78. The third-order valence-corrected chi connectivity index (χ3v) is 2.70. The van der Waals surface area contributed by atoms with Crippen LogP contribution in [0, 0.1) is 6.92 Å². The molecule has 2 aromatic heterocycles. The quantitative estimate of drug-likeness (QED) is 0.734. The smallest absolute Gasteiger partial charge is 0.176 e. The van der Waals surface area contributed by atoms with Crippen LogP contribution < -0.4 is 0 Å². The van der Waals surface area contributed by atoms with Crippen molar-refractivity contribution in [1.29, 1.82) is 0 Å². The zero-order valence-corrected chi connectivity index (χ0v) is 9.55. The van der Waals surface area contributed by atoms with Gasteiger partial charge in [-0.1, -0.05) is 0 Å². The molecule has 0 amide bonds. The molecule has 0 aromatic carbocycles. The number of carbonyl (C=O) groups is 1. The Morgan fingerprint density at radius 3 is 2.69 bits per heavy atom. The van der Waals surface area contributed by atoms with E-state index in [1.807, 2.05) is 36.0 Å². The lowest BCUT2D eigenvalue weighted by Gasteiger charge is -2.08. The summed E-state index contributed by atoms with van der Waals surface area (Å²) in [5.41, 5.74) is 0.762. The first-order valence-corrected chi connectivity index (χ1v) is 5.32. The average Bonchev–Trinajstić information content (AvgIpc) is 2.83. The molecule has 0 N–H and O–H groups in total. The minimum Gasteiger partial charge on any atom is -0.343 e. The van der Waals surface area contributed by atoms with Gasteiger partial charge in [0.25, 0.3) is 0 Å². The first kappa shape index (κ1) is 10.7. The summed E-state index contributed by atoms with van der Waals surface area (Å²) in [6.45, 7) is 5.19. The van der Waals surface area contributed by atoms with E-state index in [0.29, 0.717) is 0 Å². The highest BCUT2D eigenvalue weighted by Crippen LogP contribution is 2.05. The van der Waals surface area contributed by atoms with E-state index in [2.05, 4.69) is 9.55 Å². The highest BCUT2D eigenvalue weighted by Gasteiger charge is 2.05. The molecule has 16 heavy (non-hydrogen) atoms. The van der Waals surface area contributed by atoms with Crippen molar-refractivity contribution in [3.63, 3.8) is 0 Å². The molecule has 0 bridgehead atoms. The van der Waals surface area contributed by atoms with Gasteiger partial charge in [-0.25, -0.2) is 4.98 Å². The maximum atomic E-state index is 11.3.